The summed E-state index contributed by atoms with van der Waals surface area (Å²) in [6.45, 7) is 2.11. The molecule has 2 rings (SSSR count). The van der Waals surface area contributed by atoms with Crippen molar-refractivity contribution in [2.24, 2.45) is 0 Å². The predicted molar refractivity (Wildman–Crippen MR) is 58.4 cm³/mol. The first kappa shape index (κ1) is 9.93. The fourth-order valence-corrected chi connectivity index (χ4v) is 1.51. The minimum Gasteiger partial charge on any atom is -0.369 e. The second-order valence-corrected chi connectivity index (χ2v) is 3.48. The summed E-state index contributed by atoms with van der Waals surface area (Å²) in [5.74, 6) is 0. The van der Waals surface area contributed by atoms with Crippen molar-refractivity contribution in [1.29, 1.82) is 0 Å². The molecule has 78 valence electrons. The molecule has 2 aromatic rings. The highest BCUT2D eigenvalue weighted by Gasteiger charge is 2.07. The second-order valence-electron chi connectivity index (χ2n) is 3.48. The van der Waals surface area contributed by atoms with E-state index in [1.54, 1.807) is 23.3 Å². The fourth-order valence-electron chi connectivity index (χ4n) is 1.51. The van der Waals surface area contributed by atoms with E-state index in [-0.39, 0.29) is 0 Å². The molecule has 1 aromatic heterocycles. The number of nitrogens with zero attached hydrogens (tertiary/aromatic N) is 2. The highest BCUT2D eigenvalue weighted by Crippen LogP contribution is 2.15. The van der Waals surface area contributed by atoms with Gasteiger partial charge in [0, 0.05) is 18.0 Å². The van der Waals surface area contributed by atoms with E-state index in [1.807, 2.05) is 24.3 Å². The van der Waals surface area contributed by atoms with Gasteiger partial charge in [-0.2, -0.15) is 0 Å². The quantitative estimate of drug-likeness (QED) is 0.826. The van der Waals surface area contributed by atoms with Gasteiger partial charge in [0.25, 0.3) is 0 Å². The molecule has 1 heterocycles. The fraction of sp³-hybridized carbons (Fsp3) is 0.250. The number of aliphatic hydroxyl groups is 1. The summed E-state index contributed by atoms with van der Waals surface area (Å²) < 4.78 is 1.67. The third kappa shape index (κ3) is 2.07. The van der Waals surface area contributed by atoms with Gasteiger partial charge >= 0.3 is 0 Å². The Morgan fingerprint density at radius 1 is 1.33 bits per heavy atom. The zero-order valence-corrected chi connectivity index (χ0v) is 8.67. The summed E-state index contributed by atoms with van der Waals surface area (Å²) in [4.78, 5) is 3.91. The molecule has 0 bridgehead atoms. The maximum absolute atomic E-state index is 9.97. The Bertz CT molecular complexity index is 406. The van der Waals surface area contributed by atoms with E-state index in [1.165, 1.54) is 5.56 Å². The predicted octanol–water partition coefficient (Wildman–Crippen LogP) is 1.98. The molecule has 0 aliphatic carbocycles. The zero-order valence-electron chi connectivity index (χ0n) is 8.67. The number of rotatable bonds is 3. The third-order valence-electron chi connectivity index (χ3n) is 2.49. The van der Waals surface area contributed by atoms with Gasteiger partial charge in [-0.05, 0) is 12.0 Å². The largest absolute Gasteiger partial charge is 0.369 e. The molecular weight excluding hydrogens is 188 g/mol. The van der Waals surface area contributed by atoms with Crippen LogP contribution in [-0.2, 0) is 6.42 Å². The summed E-state index contributed by atoms with van der Waals surface area (Å²) in [6.07, 6.45) is 5.39. The molecule has 0 aliphatic heterocycles. The van der Waals surface area contributed by atoms with E-state index in [9.17, 15) is 5.11 Å². The first-order valence-corrected chi connectivity index (χ1v) is 5.05. The summed E-state index contributed by atoms with van der Waals surface area (Å²) in [7, 11) is 0. The smallest absolute Gasteiger partial charge is 0.157 e. The van der Waals surface area contributed by atoms with Crippen molar-refractivity contribution in [2.45, 2.75) is 19.6 Å². The highest BCUT2D eigenvalue weighted by atomic mass is 16.3. The van der Waals surface area contributed by atoms with Crippen LogP contribution in [0.2, 0.25) is 0 Å². The van der Waals surface area contributed by atoms with Crippen LogP contribution in [0.25, 0.3) is 0 Å². The Morgan fingerprint density at radius 3 is 2.60 bits per heavy atom. The van der Waals surface area contributed by atoms with Gasteiger partial charge in [-0.15, -0.1) is 0 Å². The molecule has 0 fully saturated rings. The molecule has 0 radical (unpaired) electrons. The molecule has 3 nitrogen and oxygen atoms in total. The lowest BCUT2D eigenvalue weighted by Crippen LogP contribution is -2.07. The standard InChI is InChI=1S/C12H14N2O/c1-2-10-3-5-11(6-4-10)12(15)14-8-7-13-9-14/h3-9,12,15H,2H2,1H3. The van der Waals surface area contributed by atoms with Gasteiger partial charge in [0.05, 0.1) is 6.33 Å². The molecule has 1 unspecified atom stereocenters. The average molecular weight is 202 g/mol. The van der Waals surface area contributed by atoms with E-state index in [2.05, 4.69) is 11.9 Å². The van der Waals surface area contributed by atoms with Crippen LogP contribution < -0.4 is 0 Å². The van der Waals surface area contributed by atoms with Crippen molar-refractivity contribution < 1.29 is 5.11 Å². The number of benzene rings is 1. The monoisotopic (exact) mass is 202 g/mol. The van der Waals surface area contributed by atoms with Gasteiger partial charge in [0.1, 0.15) is 0 Å². The highest BCUT2D eigenvalue weighted by molar-refractivity contribution is 5.24. The molecule has 0 spiro atoms. The molecule has 0 amide bonds. The van der Waals surface area contributed by atoms with Gasteiger partial charge in [0.15, 0.2) is 6.23 Å². The Balaban J connectivity index is 2.22. The summed E-state index contributed by atoms with van der Waals surface area (Å²) in [5, 5.41) is 9.97. The first-order valence-electron chi connectivity index (χ1n) is 5.05. The van der Waals surface area contributed by atoms with Crippen LogP contribution in [0.15, 0.2) is 43.0 Å². The number of imidazole rings is 1. The lowest BCUT2D eigenvalue weighted by molar-refractivity contribution is 0.146. The third-order valence-corrected chi connectivity index (χ3v) is 2.49. The van der Waals surface area contributed by atoms with Crippen LogP contribution in [0, 0.1) is 0 Å². The Hall–Kier alpha value is -1.61. The van der Waals surface area contributed by atoms with Crippen molar-refractivity contribution in [3.63, 3.8) is 0 Å². The average Bonchev–Trinajstić information content (AvgIpc) is 2.82. The van der Waals surface area contributed by atoms with Crippen LogP contribution in [0.4, 0.5) is 0 Å². The number of aryl methyl sites for hydroxylation is 1. The van der Waals surface area contributed by atoms with Crippen molar-refractivity contribution in [3.05, 3.63) is 54.1 Å². The lowest BCUT2D eigenvalue weighted by atomic mass is 10.1. The van der Waals surface area contributed by atoms with E-state index in [0.717, 1.165) is 12.0 Å². The molecule has 1 aromatic carbocycles. The van der Waals surface area contributed by atoms with Crippen LogP contribution in [0.3, 0.4) is 0 Å². The van der Waals surface area contributed by atoms with Crippen molar-refractivity contribution in [3.8, 4) is 0 Å². The summed E-state index contributed by atoms with van der Waals surface area (Å²) >= 11 is 0. The molecule has 1 atom stereocenters. The Labute approximate surface area is 89.0 Å². The molecule has 0 saturated heterocycles. The minimum atomic E-state index is -0.640. The van der Waals surface area contributed by atoms with Crippen LogP contribution >= 0.6 is 0 Å². The first-order chi connectivity index (χ1) is 7.31. The van der Waals surface area contributed by atoms with E-state index in [0.29, 0.717) is 0 Å². The zero-order chi connectivity index (χ0) is 10.7. The molecule has 0 saturated carbocycles. The topological polar surface area (TPSA) is 38.0 Å². The Kier molecular flexibility index (Phi) is 2.83. The number of hydrogen-bond acceptors (Lipinski definition) is 2. The van der Waals surface area contributed by atoms with E-state index < -0.39 is 6.23 Å². The molecule has 3 heteroatoms. The van der Waals surface area contributed by atoms with Gasteiger partial charge < -0.3 is 9.67 Å². The Morgan fingerprint density at radius 2 is 2.07 bits per heavy atom. The lowest BCUT2D eigenvalue weighted by Gasteiger charge is -2.12. The van der Waals surface area contributed by atoms with Crippen molar-refractivity contribution >= 4 is 0 Å². The van der Waals surface area contributed by atoms with Gasteiger partial charge in [0.2, 0.25) is 0 Å². The van der Waals surface area contributed by atoms with Gasteiger partial charge in [-0.25, -0.2) is 4.98 Å². The number of aliphatic hydroxyl groups excluding tert-OH is 1. The van der Waals surface area contributed by atoms with Crippen LogP contribution in [0.1, 0.15) is 24.3 Å². The molecule has 15 heavy (non-hydrogen) atoms. The van der Waals surface area contributed by atoms with Crippen molar-refractivity contribution in [1.82, 2.24) is 9.55 Å². The summed E-state index contributed by atoms with van der Waals surface area (Å²) in [5.41, 5.74) is 2.15. The number of aromatic nitrogens is 2. The minimum absolute atomic E-state index is 0.640. The SMILES string of the molecule is CCc1ccc(C(O)n2ccnc2)cc1. The molecule has 1 N–H and O–H groups in total. The molecule has 0 aliphatic rings. The van der Waals surface area contributed by atoms with Gasteiger partial charge in [-0.3, -0.25) is 0 Å². The maximum Gasteiger partial charge on any atom is 0.157 e. The van der Waals surface area contributed by atoms with Crippen molar-refractivity contribution in [2.75, 3.05) is 0 Å². The normalized spacial score (nSPS) is 12.7. The second kappa shape index (κ2) is 4.28. The van der Waals surface area contributed by atoms with Crippen LogP contribution in [0.5, 0.6) is 0 Å². The van der Waals surface area contributed by atoms with Crippen LogP contribution in [-0.4, -0.2) is 14.7 Å². The van der Waals surface area contributed by atoms with E-state index in [4.69, 9.17) is 0 Å². The maximum atomic E-state index is 9.97. The number of hydrogen-bond donors (Lipinski definition) is 1. The van der Waals surface area contributed by atoms with E-state index >= 15 is 0 Å². The summed E-state index contributed by atoms with van der Waals surface area (Å²) in [6, 6.07) is 7.97. The van der Waals surface area contributed by atoms with Gasteiger partial charge in [-0.1, -0.05) is 31.2 Å². The molecular formula is C12H14N2O.